The molecule has 8 heteroatoms. The fraction of sp³-hybridized carbons (Fsp3) is 0.333. The third-order valence-corrected chi connectivity index (χ3v) is 4.93. The summed E-state index contributed by atoms with van der Waals surface area (Å²) in [7, 11) is 0. The Morgan fingerprint density at radius 1 is 1.23 bits per heavy atom. The summed E-state index contributed by atoms with van der Waals surface area (Å²) in [6.45, 7) is 4.83. The second-order valence-electron chi connectivity index (χ2n) is 6.67. The maximum absolute atomic E-state index is 12.7. The minimum absolute atomic E-state index is 0.214. The van der Waals surface area contributed by atoms with Crippen LogP contribution in [0.4, 0.5) is 13.2 Å². The fourth-order valence-electron chi connectivity index (χ4n) is 3.55. The average Bonchev–Trinajstić information content (AvgIpc) is 3.22. The van der Waals surface area contributed by atoms with Gasteiger partial charge in [-0.05, 0) is 25.0 Å². The van der Waals surface area contributed by atoms with E-state index in [1.165, 1.54) is 0 Å². The van der Waals surface area contributed by atoms with Crippen LogP contribution in [0.5, 0.6) is 0 Å². The van der Waals surface area contributed by atoms with Crippen molar-refractivity contribution in [1.82, 2.24) is 20.1 Å². The number of fused-ring (bicyclic) bond motifs is 3. The number of rotatable bonds is 1. The minimum Gasteiger partial charge on any atom is -0.358 e. The zero-order valence-electron chi connectivity index (χ0n) is 14.3. The van der Waals surface area contributed by atoms with Crippen LogP contribution >= 0.6 is 0 Å². The molecule has 136 valence electrons. The first-order chi connectivity index (χ1) is 12.3. The Bertz CT molecular complexity index is 1020. The van der Waals surface area contributed by atoms with E-state index >= 15 is 0 Å². The number of carbonyl (C=O) groups excluding carboxylic acids is 1. The quantitative estimate of drug-likeness (QED) is 0.693. The van der Waals surface area contributed by atoms with Crippen LogP contribution < -0.4 is 0 Å². The van der Waals surface area contributed by atoms with E-state index in [0.717, 1.165) is 39.4 Å². The van der Waals surface area contributed by atoms with Crippen molar-refractivity contribution in [2.45, 2.75) is 33.0 Å². The van der Waals surface area contributed by atoms with Gasteiger partial charge in [0.2, 0.25) is 0 Å². The lowest BCUT2D eigenvalue weighted by atomic mass is 9.99. The number of aromatic nitrogens is 3. The second kappa shape index (κ2) is 5.62. The standard InChI is InChI=1S/C18H17F3N4O/c1-9-3-4-10(2)16-15(9)11-8-25(6-5-12(11)22-16)17(26)13-7-14(24-23-13)18(19,20)21/h3-4,7,22H,5-6,8H2,1-2H3,(H,23,24). The van der Waals surface area contributed by atoms with Crippen LogP contribution in [-0.2, 0) is 19.1 Å². The van der Waals surface area contributed by atoms with Crippen molar-refractivity contribution < 1.29 is 18.0 Å². The Balaban J connectivity index is 1.67. The third-order valence-electron chi connectivity index (χ3n) is 4.93. The van der Waals surface area contributed by atoms with Crippen LogP contribution in [0.2, 0.25) is 0 Å². The van der Waals surface area contributed by atoms with Crippen LogP contribution in [0.1, 0.15) is 38.6 Å². The molecule has 0 bridgehead atoms. The van der Waals surface area contributed by atoms with Crippen molar-refractivity contribution in [1.29, 1.82) is 0 Å². The lowest BCUT2D eigenvalue weighted by molar-refractivity contribution is -0.141. The molecule has 26 heavy (non-hydrogen) atoms. The molecule has 0 unspecified atom stereocenters. The summed E-state index contributed by atoms with van der Waals surface area (Å²) in [6, 6.07) is 4.85. The van der Waals surface area contributed by atoms with Gasteiger partial charge in [-0.1, -0.05) is 12.1 Å². The number of aryl methyl sites for hydroxylation is 2. The highest BCUT2D eigenvalue weighted by molar-refractivity contribution is 5.94. The van der Waals surface area contributed by atoms with Crippen LogP contribution in [-0.4, -0.2) is 32.5 Å². The summed E-state index contributed by atoms with van der Waals surface area (Å²) in [5.41, 5.74) is 4.18. The Kier molecular flexibility index (Phi) is 3.61. The van der Waals surface area contributed by atoms with Crippen molar-refractivity contribution in [3.05, 3.63) is 52.0 Å². The van der Waals surface area contributed by atoms with Gasteiger partial charge in [0.15, 0.2) is 5.69 Å². The smallest absolute Gasteiger partial charge is 0.358 e. The highest BCUT2D eigenvalue weighted by Crippen LogP contribution is 2.33. The number of hydrogen-bond acceptors (Lipinski definition) is 2. The Morgan fingerprint density at radius 3 is 2.65 bits per heavy atom. The maximum atomic E-state index is 12.7. The number of aromatic amines is 2. The van der Waals surface area contributed by atoms with Gasteiger partial charge in [-0.2, -0.15) is 18.3 Å². The van der Waals surface area contributed by atoms with E-state index in [9.17, 15) is 18.0 Å². The van der Waals surface area contributed by atoms with Gasteiger partial charge in [-0.15, -0.1) is 0 Å². The zero-order chi connectivity index (χ0) is 18.6. The highest BCUT2D eigenvalue weighted by atomic mass is 19.4. The second-order valence-corrected chi connectivity index (χ2v) is 6.67. The molecule has 0 fully saturated rings. The number of carbonyl (C=O) groups is 1. The lowest BCUT2D eigenvalue weighted by Crippen LogP contribution is -2.36. The van der Waals surface area contributed by atoms with Crippen LogP contribution in [0.25, 0.3) is 10.9 Å². The third kappa shape index (κ3) is 2.56. The van der Waals surface area contributed by atoms with Gasteiger partial charge in [0.25, 0.3) is 5.91 Å². The summed E-state index contributed by atoms with van der Waals surface area (Å²) < 4.78 is 38.2. The summed E-state index contributed by atoms with van der Waals surface area (Å²) in [6.07, 6.45) is -3.92. The predicted molar refractivity (Wildman–Crippen MR) is 89.8 cm³/mol. The molecule has 4 rings (SSSR count). The summed E-state index contributed by atoms with van der Waals surface area (Å²) in [5.74, 6) is -0.498. The molecular formula is C18H17F3N4O. The summed E-state index contributed by atoms with van der Waals surface area (Å²) >= 11 is 0. The molecule has 1 aliphatic heterocycles. The Labute approximate surface area is 147 Å². The van der Waals surface area contributed by atoms with E-state index in [4.69, 9.17) is 0 Å². The largest absolute Gasteiger partial charge is 0.432 e. The van der Waals surface area contributed by atoms with Gasteiger partial charge in [0, 0.05) is 47.7 Å². The van der Waals surface area contributed by atoms with Crippen molar-refractivity contribution >= 4 is 16.8 Å². The number of hydrogen-bond donors (Lipinski definition) is 2. The van der Waals surface area contributed by atoms with Crippen molar-refractivity contribution in [2.75, 3.05) is 6.54 Å². The van der Waals surface area contributed by atoms with Crippen molar-refractivity contribution in [2.24, 2.45) is 0 Å². The number of amides is 1. The molecule has 1 aliphatic rings. The van der Waals surface area contributed by atoms with Gasteiger partial charge in [-0.25, -0.2) is 0 Å². The molecular weight excluding hydrogens is 345 g/mol. The van der Waals surface area contributed by atoms with E-state index in [0.29, 0.717) is 19.5 Å². The topological polar surface area (TPSA) is 64.8 Å². The lowest BCUT2D eigenvalue weighted by Gasteiger charge is -2.26. The molecule has 2 N–H and O–H groups in total. The number of alkyl halides is 3. The van der Waals surface area contributed by atoms with Gasteiger partial charge >= 0.3 is 6.18 Å². The van der Waals surface area contributed by atoms with E-state index in [1.54, 1.807) is 4.90 Å². The summed E-state index contributed by atoms with van der Waals surface area (Å²) in [4.78, 5) is 17.6. The predicted octanol–water partition coefficient (Wildman–Crippen LogP) is 3.73. The van der Waals surface area contributed by atoms with Crippen LogP contribution in [0.3, 0.4) is 0 Å². The number of benzene rings is 1. The van der Waals surface area contributed by atoms with E-state index in [-0.39, 0.29) is 5.69 Å². The van der Waals surface area contributed by atoms with Gasteiger partial charge in [0.05, 0.1) is 0 Å². The zero-order valence-corrected chi connectivity index (χ0v) is 14.3. The normalized spacial score (nSPS) is 14.7. The molecule has 1 aromatic carbocycles. The molecule has 0 aliphatic carbocycles. The van der Waals surface area contributed by atoms with E-state index in [1.807, 2.05) is 31.1 Å². The van der Waals surface area contributed by atoms with Crippen LogP contribution in [0, 0.1) is 13.8 Å². The number of halogens is 3. The van der Waals surface area contributed by atoms with Gasteiger partial charge < -0.3 is 9.88 Å². The Morgan fingerprint density at radius 2 is 1.96 bits per heavy atom. The fourth-order valence-corrected chi connectivity index (χ4v) is 3.55. The van der Waals surface area contributed by atoms with Crippen LogP contribution in [0.15, 0.2) is 18.2 Å². The van der Waals surface area contributed by atoms with Gasteiger partial charge in [-0.3, -0.25) is 9.89 Å². The average molecular weight is 362 g/mol. The monoisotopic (exact) mass is 362 g/mol. The van der Waals surface area contributed by atoms with Crippen molar-refractivity contribution in [3.8, 4) is 0 Å². The number of nitrogens with one attached hydrogen (secondary N) is 2. The first kappa shape index (κ1) is 16.7. The molecule has 3 heterocycles. The summed E-state index contributed by atoms with van der Waals surface area (Å²) in [5, 5.41) is 6.54. The van der Waals surface area contributed by atoms with E-state index < -0.39 is 17.8 Å². The first-order valence-electron chi connectivity index (χ1n) is 8.27. The first-order valence-corrected chi connectivity index (χ1v) is 8.27. The molecule has 0 spiro atoms. The molecule has 2 aromatic heterocycles. The van der Waals surface area contributed by atoms with Gasteiger partial charge in [0.1, 0.15) is 5.69 Å². The molecule has 1 amide bonds. The SMILES string of the molecule is Cc1ccc(C)c2c3c([nH]c12)CCN(C(=O)c1cc(C(F)(F)F)[nH]n1)C3. The molecule has 0 atom stereocenters. The van der Waals surface area contributed by atoms with Crippen molar-refractivity contribution in [3.63, 3.8) is 0 Å². The number of H-pyrrole nitrogens is 2. The molecule has 0 radical (unpaired) electrons. The minimum atomic E-state index is -4.55. The highest BCUT2D eigenvalue weighted by Gasteiger charge is 2.35. The maximum Gasteiger partial charge on any atom is 0.432 e. The molecule has 3 aromatic rings. The van der Waals surface area contributed by atoms with E-state index in [2.05, 4.69) is 10.1 Å². The molecule has 5 nitrogen and oxygen atoms in total. The number of nitrogens with zero attached hydrogens (tertiary/aromatic N) is 2. The molecule has 0 saturated carbocycles. The molecule has 0 saturated heterocycles. The Hall–Kier alpha value is -2.77.